The molecule has 0 aliphatic rings. The number of aryl methyl sites for hydroxylation is 1. The standard InChI is InChI=1S/C19H28Cl2N6O.HI/c1-5-22-19(23-10-17(26(2)3)14-9-25-27(4)12-14)24-11-18(28)13-6-15(20)8-16(21)7-13;/h6-9,12,17-18,28H,5,10-11H2,1-4H3,(H2,22,23,24);1H. The first-order valence-electron chi connectivity index (χ1n) is 9.11. The highest BCUT2D eigenvalue weighted by atomic mass is 127. The summed E-state index contributed by atoms with van der Waals surface area (Å²) in [4.78, 5) is 6.78. The Morgan fingerprint density at radius 1 is 1.21 bits per heavy atom. The smallest absolute Gasteiger partial charge is 0.191 e. The largest absolute Gasteiger partial charge is 0.387 e. The minimum absolute atomic E-state index is 0. The molecule has 1 heterocycles. The van der Waals surface area contributed by atoms with Crippen LogP contribution in [0.3, 0.4) is 0 Å². The van der Waals surface area contributed by atoms with Crippen molar-refractivity contribution >= 4 is 53.1 Å². The van der Waals surface area contributed by atoms with Crippen molar-refractivity contribution in [1.29, 1.82) is 0 Å². The van der Waals surface area contributed by atoms with E-state index in [0.29, 0.717) is 34.7 Å². The van der Waals surface area contributed by atoms with Gasteiger partial charge in [-0.1, -0.05) is 23.2 Å². The van der Waals surface area contributed by atoms with Crippen molar-refractivity contribution in [3.63, 3.8) is 0 Å². The third-order valence-electron chi connectivity index (χ3n) is 4.23. The molecule has 0 aliphatic carbocycles. The molecule has 2 rings (SSSR count). The highest BCUT2D eigenvalue weighted by Crippen LogP contribution is 2.23. The lowest BCUT2D eigenvalue weighted by Crippen LogP contribution is -2.40. The molecule has 2 aromatic rings. The summed E-state index contributed by atoms with van der Waals surface area (Å²) in [6.07, 6.45) is 3.09. The van der Waals surface area contributed by atoms with Crippen LogP contribution in [0.15, 0.2) is 35.6 Å². The first-order chi connectivity index (χ1) is 13.3. The number of rotatable bonds is 8. The molecule has 0 saturated carbocycles. The Labute approximate surface area is 199 Å². The molecule has 1 aromatic carbocycles. The molecule has 0 aliphatic heterocycles. The van der Waals surface area contributed by atoms with E-state index in [4.69, 9.17) is 23.2 Å². The van der Waals surface area contributed by atoms with Gasteiger partial charge in [0.1, 0.15) is 0 Å². The zero-order valence-electron chi connectivity index (χ0n) is 17.1. The number of aliphatic hydroxyl groups excluding tert-OH is 1. The second-order valence-electron chi connectivity index (χ2n) is 6.75. The van der Waals surface area contributed by atoms with Crippen molar-refractivity contribution in [2.24, 2.45) is 12.0 Å². The highest BCUT2D eigenvalue weighted by molar-refractivity contribution is 14.0. The molecule has 10 heteroatoms. The molecule has 2 unspecified atom stereocenters. The number of halogens is 3. The Bertz CT molecular complexity index is 779. The van der Waals surface area contributed by atoms with Crippen molar-refractivity contribution in [3.8, 4) is 0 Å². The van der Waals surface area contributed by atoms with Crippen LogP contribution >= 0.6 is 47.2 Å². The normalized spacial score (nSPS) is 13.7. The summed E-state index contributed by atoms with van der Waals surface area (Å²) in [5.74, 6) is 0.630. The van der Waals surface area contributed by atoms with Crippen LogP contribution in [-0.4, -0.2) is 59.5 Å². The molecule has 3 N–H and O–H groups in total. The van der Waals surface area contributed by atoms with Crippen LogP contribution in [0.2, 0.25) is 10.0 Å². The van der Waals surface area contributed by atoms with Crippen LogP contribution < -0.4 is 10.6 Å². The van der Waals surface area contributed by atoms with E-state index in [1.807, 2.05) is 40.5 Å². The van der Waals surface area contributed by atoms with Gasteiger partial charge >= 0.3 is 0 Å². The van der Waals surface area contributed by atoms with Gasteiger partial charge < -0.3 is 20.6 Å². The Hall–Kier alpha value is -1.07. The van der Waals surface area contributed by atoms with Crippen molar-refractivity contribution in [1.82, 2.24) is 25.3 Å². The molecule has 0 fully saturated rings. The maximum absolute atomic E-state index is 10.5. The van der Waals surface area contributed by atoms with Gasteiger partial charge in [0.2, 0.25) is 0 Å². The molecule has 0 saturated heterocycles. The lowest BCUT2D eigenvalue weighted by molar-refractivity contribution is 0.181. The second-order valence-corrected chi connectivity index (χ2v) is 7.62. The Morgan fingerprint density at radius 2 is 1.86 bits per heavy atom. The minimum atomic E-state index is -0.761. The monoisotopic (exact) mass is 554 g/mol. The first-order valence-corrected chi connectivity index (χ1v) is 9.87. The molecule has 0 amide bonds. The van der Waals surface area contributed by atoms with Gasteiger partial charge in [-0.3, -0.25) is 9.67 Å². The summed E-state index contributed by atoms with van der Waals surface area (Å²) in [6, 6.07) is 5.14. The van der Waals surface area contributed by atoms with Crippen molar-refractivity contribution in [2.45, 2.75) is 19.1 Å². The number of likely N-dealkylation sites (N-methyl/N-ethyl adjacent to an activating group) is 1. The molecule has 29 heavy (non-hydrogen) atoms. The van der Waals surface area contributed by atoms with E-state index in [0.717, 1.165) is 5.56 Å². The molecule has 162 valence electrons. The molecular formula is C19H29Cl2IN6O. The fourth-order valence-electron chi connectivity index (χ4n) is 2.78. The summed E-state index contributed by atoms with van der Waals surface area (Å²) >= 11 is 12.0. The van der Waals surface area contributed by atoms with Crippen molar-refractivity contribution in [2.75, 3.05) is 33.7 Å². The SMILES string of the molecule is CCNC(=NCC(c1cnn(C)c1)N(C)C)NCC(O)c1cc(Cl)cc(Cl)c1.I. The van der Waals surface area contributed by atoms with E-state index in [2.05, 4.69) is 25.6 Å². The van der Waals surface area contributed by atoms with Crippen LogP contribution in [0.5, 0.6) is 0 Å². The van der Waals surface area contributed by atoms with Gasteiger partial charge in [-0.05, 0) is 44.8 Å². The number of guanidine groups is 1. The Kier molecular flexibility index (Phi) is 11.3. The number of hydrogen-bond donors (Lipinski definition) is 3. The fraction of sp³-hybridized carbons (Fsp3) is 0.474. The predicted octanol–water partition coefficient (Wildman–Crippen LogP) is 3.24. The zero-order chi connectivity index (χ0) is 20.7. The van der Waals surface area contributed by atoms with Gasteiger partial charge in [-0.25, -0.2) is 0 Å². The van der Waals surface area contributed by atoms with E-state index in [9.17, 15) is 5.11 Å². The molecule has 7 nitrogen and oxygen atoms in total. The van der Waals surface area contributed by atoms with Gasteiger partial charge in [-0.2, -0.15) is 5.10 Å². The molecule has 2 atom stereocenters. The molecule has 0 bridgehead atoms. The summed E-state index contributed by atoms with van der Waals surface area (Å²) in [5.41, 5.74) is 1.75. The summed E-state index contributed by atoms with van der Waals surface area (Å²) < 4.78 is 1.78. The maximum atomic E-state index is 10.5. The minimum Gasteiger partial charge on any atom is -0.387 e. The van der Waals surface area contributed by atoms with Gasteiger partial charge in [0.15, 0.2) is 5.96 Å². The zero-order valence-corrected chi connectivity index (χ0v) is 20.9. The average molecular weight is 555 g/mol. The van der Waals surface area contributed by atoms with Crippen LogP contribution in [0.4, 0.5) is 0 Å². The van der Waals surface area contributed by atoms with Gasteiger partial charge in [0.05, 0.1) is 24.9 Å². The predicted molar refractivity (Wildman–Crippen MR) is 130 cm³/mol. The lowest BCUT2D eigenvalue weighted by atomic mass is 10.1. The van der Waals surface area contributed by atoms with E-state index >= 15 is 0 Å². The number of aliphatic imine (C=N–C) groups is 1. The van der Waals surface area contributed by atoms with Crippen LogP contribution in [0, 0.1) is 0 Å². The number of nitrogens with zero attached hydrogens (tertiary/aromatic N) is 4. The van der Waals surface area contributed by atoms with Crippen LogP contribution in [-0.2, 0) is 7.05 Å². The lowest BCUT2D eigenvalue weighted by Gasteiger charge is -2.22. The van der Waals surface area contributed by atoms with Crippen LogP contribution in [0.25, 0.3) is 0 Å². The topological polar surface area (TPSA) is 77.7 Å². The summed E-state index contributed by atoms with van der Waals surface area (Å²) in [7, 11) is 5.93. The molecule has 1 aromatic heterocycles. The highest BCUT2D eigenvalue weighted by Gasteiger charge is 2.16. The summed E-state index contributed by atoms with van der Waals surface area (Å²) in [5, 5.41) is 22.1. The Morgan fingerprint density at radius 3 is 2.38 bits per heavy atom. The Balaban J connectivity index is 0.00000420. The molecule has 0 radical (unpaired) electrons. The van der Waals surface area contributed by atoms with Gasteiger partial charge in [0, 0.05) is 41.9 Å². The van der Waals surface area contributed by atoms with Gasteiger partial charge in [0.25, 0.3) is 0 Å². The third kappa shape index (κ3) is 8.29. The average Bonchev–Trinajstić information content (AvgIpc) is 3.04. The maximum Gasteiger partial charge on any atom is 0.191 e. The molecule has 0 spiro atoms. The van der Waals surface area contributed by atoms with Crippen molar-refractivity contribution in [3.05, 3.63) is 51.8 Å². The van der Waals surface area contributed by atoms with E-state index in [1.54, 1.807) is 22.9 Å². The number of nitrogens with one attached hydrogen (secondary N) is 2. The van der Waals surface area contributed by atoms with E-state index < -0.39 is 6.10 Å². The molecular weight excluding hydrogens is 526 g/mol. The van der Waals surface area contributed by atoms with Crippen molar-refractivity contribution < 1.29 is 5.11 Å². The van der Waals surface area contributed by atoms with Crippen LogP contribution in [0.1, 0.15) is 30.2 Å². The second kappa shape index (κ2) is 12.6. The number of hydrogen-bond acceptors (Lipinski definition) is 4. The number of aromatic nitrogens is 2. The fourth-order valence-corrected chi connectivity index (χ4v) is 3.32. The summed E-state index contributed by atoms with van der Waals surface area (Å²) in [6.45, 7) is 3.54. The van der Waals surface area contributed by atoms with Gasteiger partial charge in [-0.15, -0.1) is 24.0 Å². The van der Waals surface area contributed by atoms with E-state index in [1.165, 1.54) is 0 Å². The number of aliphatic hydroxyl groups is 1. The number of benzene rings is 1. The first kappa shape index (κ1) is 26.0. The quantitative estimate of drug-likeness (QED) is 0.265. The van der Waals surface area contributed by atoms with E-state index in [-0.39, 0.29) is 36.6 Å². The third-order valence-corrected chi connectivity index (χ3v) is 4.67.